The summed E-state index contributed by atoms with van der Waals surface area (Å²) in [6.45, 7) is 2.03. The minimum atomic E-state index is 0.130. The highest BCUT2D eigenvalue weighted by Crippen LogP contribution is 2.30. The second-order valence-electron chi connectivity index (χ2n) is 5.50. The van der Waals surface area contributed by atoms with Gasteiger partial charge in [-0.3, -0.25) is 4.79 Å². The zero-order chi connectivity index (χ0) is 16.9. The summed E-state index contributed by atoms with van der Waals surface area (Å²) in [6, 6.07) is 19.2. The molecule has 5 heteroatoms. The number of benzene rings is 2. The van der Waals surface area contributed by atoms with Gasteiger partial charge in [0.25, 0.3) is 0 Å². The van der Waals surface area contributed by atoms with Crippen molar-refractivity contribution >= 4 is 24.8 Å². The molecule has 0 saturated carbocycles. The zero-order valence-electron chi connectivity index (χ0n) is 13.2. The molecule has 1 heterocycles. The number of carbonyl (C=O) groups is 1. The Kier molecular flexibility index (Phi) is 5.13. The maximum atomic E-state index is 12.4. The first-order valence-corrected chi connectivity index (χ1v) is 8.39. The van der Waals surface area contributed by atoms with E-state index < -0.39 is 0 Å². The Hall–Kier alpha value is -2.37. The van der Waals surface area contributed by atoms with Crippen LogP contribution in [-0.4, -0.2) is 18.5 Å². The Morgan fingerprint density at radius 1 is 1.04 bits per heavy atom. The molecule has 3 rings (SSSR count). The lowest BCUT2D eigenvalue weighted by Crippen LogP contribution is -2.00. The van der Waals surface area contributed by atoms with Crippen LogP contribution in [0.4, 0.5) is 0 Å². The van der Waals surface area contributed by atoms with Crippen LogP contribution in [0.25, 0.3) is 10.4 Å². The molecule has 3 nitrogen and oxygen atoms in total. The first kappa shape index (κ1) is 16.5. The molecule has 0 bridgehead atoms. The zero-order valence-corrected chi connectivity index (χ0v) is 14.0. The van der Waals surface area contributed by atoms with Gasteiger partial charge in [0.15, 0.2) is 5.78 Å². The van der Waals surface area contributed by atoms with Crippen molar-refractivity contribution in [1.82, 2.24) is 0 Å². The van der Waals surface area contributed by atoms with Crippen LogP contribution in [-0.2, 0) is 6.42 Å². The first-order valence-electron chi connectivity index (χ1n) is 7.57. The first-order chi connectivity index (χ1) is 11.7. The Balaban J connectivity index is 1.72. The van der Waals surface area contributed by atoms with Crippen LogP contribution in [0, 0.1) is 6.92 Å². The van der Waals surface area contributed by atoms with Gasteiger partial charge in [0.1, 0.15) is 5.75 Å². The van der Waals surface area contributed by atoms with Gasteiger partial charge >= 0.3 is 7.69 Å². The van der Waals surface area contributed by atoms with Gasteiger partial charge in [0, 0.05) is 11.3 Å². The van der Waals surface area contributed by atoms with E-state index in [1.165, 1.54) is 16.9 Å². The molecule has 0 aliphatic heterocycles. The van der Waals surface area contributed by atoms with Crippen molar-refractivity contribution in [1.29, 1.82) is 0 Å². The topological polar surface area (TPSA) is 46.5 Å². The Labute approximate surface area is 145 Å². The minimum absolute atomic E-state index is 0.130. The molecule has 0 aliphatic carbocycles. The van der Waals surface area contributed by atoms with Gasteiger partial charge < -0.3 is 9.68 Å². The molecule has 119 valence electrons. The van der Waals surface area contributed by atoms with Gasteiger partial charge in [-0.1, -0.05) is 29.8 Å². The van der Waals surface area contributed by atoms with E-state index in [2.05, 4.69) is 0 Å². The minimum Gasteiger partial charge on any atom is -0.537 e. The molecule has 0 saturated heterocycles. The van der Waals surface area contributed by atoms with Crippen molar-refractivity contribution in [3.8, 4) is 16.2 Å². The number of thiophene rings is 1. The summed E-state index contributed by atoms with van der Waals surface area (Å²) >= 11 is 1.49. The smallest absolute Gasteiger partial charge is 0.537 e. The van der Waals surface area contributed by atoms with E-state index >= 15 is 0 Å². The molecule has 0 fully saturated rings. The average Bonchev–Trinajstić information content (AvgIpc) is 3.08. The highest BCUT2D eigenvalue weighted by atomic mass is 32.1. The van der Waals surface area contributed by atoms with Crippen molar-refractivity contribution in [3.63, 3.8) is 0 Å². The van der Waals surface area contributed by atoms with Crippen LogP contribution in [0.2, 0.25) is 0 Å². The summed E-state index contributed by atoms with van der Waals surface area (Å²) in [6.07, 6.45) is 0.416. The number of aryl methyl sites for hydroxylation is 1. The van der Waals surface area contributed by atoms with Gasteiger partial charge in [0.05, 0.1) is 4.88 Å². The maximum absolute atomic E-state index is 12.4. The van der Waals surface area contributed by atoms with Crippen LogP contribution in [0.5, 0.6) is 5.75 Å². The second kappa shape index (κ2) is 7.47. The Bertz CT molecular complexity index is 823. The Morgan fingerprint density at radius 2 is 1.75 bits per heavy atom. The molecule has 3 aromatic rings. The fourth-order valence-electron chi connectivity index (χ4n) is 2.38. The Morgan fingerprint density at radius 3 is 2.42 bits per heavy atom. The summed E-state index contributed by atoms with van der Waals surface area (Å²) in [4.78, 5) is 14.2. The number of hydrogen-bond acceptors (Lipinski definition) is 4. The van der Waals surface area contributed by atoms with Crippen molar-refractivity contribution in [2.75, 3.05) is 0 Å². The van der Waals surface area contributed by atoms with Crippen molar-refractivity contribution < 1.29 is 14.5 Å². The van der Waals surface area contributed by atoms with E-state index in [1.54, 1.807) is 12.1 Å². The van der Waals surface area contributed by atoms with Crippen molar-refractivity contribution in [2.45, 2.75) is 13.3 Å². The van der Waals surface area contributed by atoms with E-state index in [0.29, 0.717) is 19.9 Å². The lowest BCUT2D eigenvalue weighted by molar-refractivity contribution is 0.0997. The number of Topliss-reactive ketones (excluding diaryl/α,β-unsaturated/α-hetero) is 1. The van der Waals surface area contributed by atoms with Crippen LogP contribution in [0.1, 0.15) is 20.8 Å². The molecule has 2 aromatic carbocycles. The molecular formula is C19H16BO3S. The van der Waals surface area contributed by atoms with Crippen molar-refractivity contribution in [2.24, 2.45) is 0 Å². The van der Waals surface area contributed by atoms with Gasteiger partial charge in [-0.05, 0) is 54.4 Å². The standard InChI is InChI=1S/C19H16BO3S/c1-13-2-4-14(5-3-13)12-17(21)19-11-10-18(24-19)15-6-8-16(9-7-15)23-20-22/h2-11,22H,12H2,1H3. The average molecular weight is 335 g/mol. The molecule has 1 radical (unpaired) electrons. The van der Waals surface area contributed by atoms with Gasteiger partial charge in [-0.2, -0.15) is 0 Å². The summed E-state index contributed by atoms with van der Waals surface area (Å²) in [7, 11) is 0.655. The van der Waals surface area contributed by atoms with Crippen LogP contribution >= 0.6 is 11.3 Å². The molecular weight excluding hydrogens is 319 g/mol. The predicted octanol–water partition coefficient (Wildman–Crippen LogP) is 4.05. The fourth-order valence-corrected chi connectivity index (χ4v) is 3.33. The number of carbonyl (C=O) groups excluding carboxylic acids is 1. The number of rotatable bonds is 6. The highest BCUT2D eigenvalue weighted by molar-refractivity contribution is 7.17. The van der Waals surface area contributed by atoms with Gasteiger partial charge in [0.2, 0.25) is 0 Å². The summed E-state index contributed by atoms with van der Waals surface area (Å²) in [5.74, 6) is 0.693. The molecule has 1 aromatic heterocycles. The van der Waals surface area contributed by atoms with E-state index in [0.717, 1.165) is 20.9 Å². The molecule has 0 aliphatic rings. The van der Waals surface area contributed by atoms with Gasteiger partial charge in [-0.25, -0.2) is 0 Å². The van der Waals surface area contributed by atoms with Crippen molar-refractivity contribution in [3.05, 3.63) is 76.7 Å². The number of ketones is 1. The normalized spacial score (nSPS) is 10.4. The third-order valence-electron chi connectivity index (χ3n) is 3.69. The van der Waals surface area contributed by atoms with Crippen LogP contribution < -0.4 is 4.65 Å². The molecule has 0 unspecified atom stereocenters. The summed E-state index contributed by atoms with van der Waals surface area (Å²) < 4.78 is 4.89. The van der Waals surface area contributed by atoms with Crippen LogP contribution in [0.3, 0.4) is 0 Å². The van der Waals surface area contributed by atoms with E-state index in [4.69, 9.17) is 9.68 Å². The lowest BCUT2D eigenvalue weighted by atomic mass is 10.1. The molecule has 1 N–H and O–H groups in total. The third kappa shape index (κ3) is 3.93. The SMILES string of the molecule is Cc1ccc(CC(=O)c2ccc(-c3ccc(O[B]O)cc3)s2)cc1. The van der Waals surface area contributed by atoms with E-state index in [9.17, 15) is 4.79 Å². The predicted molar refractivity (Wildman–Crippen MR) is 97.6 cm³/mol. The molecule has 24 heavy (non-hydrogen) atoms. The van der Waals surface area contributed by atoms with E-state index in [-0.39, 0.29) is 5.78 Å². The van der Waals surface area contributed by atoms with E-state index in [1.807, 2.05) is 55.5 Å². The second-order valence-corrected chi connectivity index (χ2v) is 6.58. The third-order valence-corrected chi connectivity index (χ3v) is 4.87. The summed E-state index contributed by atoms with van der Waals surface area (Å²) in [5, 5.41) is 8.62. The monoisotopic (exact) mass is 335 g/mol. The van der Waals surface area contributed by atoms with Crippen LogP contribution in [0.15, 0.2) is 60.7 Å². The highest BCUT2D eigenvalue weighted by Gasteiger charge is 2.11. The fraction of sp³-hybridized carbons (Fsp3) is 0.105. The largest absolute Gasteiger partial charge is 0.569 e. The molecule has 0 amide bonds. The molecule has 0 atom stereocenters. The quantitative estimate of drug-likeness (QED) is 0.546. The maximum Gasteiger partial charge on any atom is 0.569 e. The molecule has 0 spiro atoms. The van der Waals surface area contributed by atoms with Gasteiger partial charge in [-0.15, -0.1) is 11.3 Å². The lowest BCUT2D eigenvalue weighted by Gasteiger charge is -2.02. The summed E-state index contributed by atoms with van der Waals surface area (Å²) in [5.41, 5.74) is 3.23. The number of hydrogen-bond donors (Lipinski definition) is 1.